The lowest BCUT2D eigenvalue weighted by Crippen LogP contribution is -2.22. The van der Waals surface area contributed by atoms with Crippen molar-refractivity contribution < 1.29 is 4.92 Å². The number of hydrogen-bond acceptors (Lipinski definition) is 5. The number of nitro benzene ring substituents is 1. The summed E-state index contributed by atoms with van der Waals surface area (Å²) in [6.45, 7) is 2.00. The molecule has 0 spiro atoms. The van der Waals surface area contributed by atoms with Gasteiger partial charge in [0.15, 0.2) is 0 Å². The van der Waals surface area contributed by atoms with Crippen LogP contribution in [0.15, 0.2) is 58.4 Å². The number of benzene rings is 2. The van der Waals surface area contributed by atoms with Crippen molar-refractivity contribution in [2.75, 3.05) is 0 Å². The number of para-hydroxylation sites is 1. The molecule has 7 heteroatoms. The van der Waals surface area contributed by atoms with E-state index in [1.807, 2.05) is 13.0 Å². The van der Waals surface area contributed by atoms with Crippen LogP contribution in [0, 0.1) is 10.1 Å². The van der Waals surface area contributed by atoms with Crippen LogP contribution < -0.4 is 5.56 Å². The van der Waals surface area contributed by atoms with Gasteiger partial charge in [-0.3, -0.25) is 14.9 Å². The van der Waals surface area contributed by atoms with Crippen LogP contribution in [0.4, 0.5) is 5.69 Å². The van der Waals surface area contributed by atoms with E-state index in [9.17, 15) is 14.9 Å². The summed E-state index contributed by atoms with van der Waals surface area (Å²) in [5.41, 5.74) is 0.895. The fourth-order valence-electron chi connectivity index (χ4n) is 2.52. The first-order valence-corrected chi connectivity index (χ1v) is 7.89. The van der Waals surface area contributed by atoms with E-state index >= 15 is 0 Å². The van der Waals surface area contributed by atoms with Gasteiger partial charge in [0, 0.05) is 24.1 Å². The molecule has 3 aromatic rings. The predicted octanol–water partition coefficient (Wildman–Crippen LogP) is 3.14. The third-order valence-electron chi connectivity index (χ3n) is 3.70. The molecule has 3 rings (SSSR count). The molecule has 1 aromatic heterocycles. The fourth-order valence-corrected chi connectivity index (χ4v) is 2.52. The summed E-state index contributed by atoms with van der Waals surface area (Å²) in [4.78, 5) is 27.6. The SMILES string of the molecule is CCCc1nc2ccccc2c(=O)n1/N=C\c1cccc([N+](=O)[O-])c1. The number of nitro groups is 1. The minimum Gasteiger partial charge on any atom is -0.267 e. The summed E-state index contributed by atoms with van der Waals surface area (Å²) < 4.78 is 1.27. The lowest BCUT2D eigenvalue weighted by Gasteiger charge is -2.08. The normalized spacial score (nSPS) is 11.2. The Balaban J connectivity index is 2.09. The molecule has 0 atom stereocenters. The van der Waals surface area contributed by atoms with Crippen molar-refractivity contribution in [2.45, 2.75) is 19.8 Å². The van der Waals surface area contributed by atoms with Crippen LogP contribution in [-0.2, 0) is 6.42 Å². The van der Waals surface area contributed by atoms with Gasteiger partial charge in [-0.15, -0.1) is 0 Å². The zero-order chi connectivity index (χ0) is 17.8. The maximum Gasteiger partial charge on any atom is 0.282 e. The highest BCUT2D eigenvalue weighted by Crippen LogP contribution is 2.12. The number of hydrogen-bond donors (Lipinski definition) is 0. The van der Waals surface area contributed by atoms with Crippen molar-refractivity contribution in [3.63, 3.8) is 0 Å². The van der Waals surface area contributed by atoms with Gasteiger partial charge in [-0.05, 0) is 18.6 Å². The molecule has 0 aliphatic rings. The van der Waals surface area contributed by atoms with Crippen LogP contribution in [0.3, 0.4) is 0 Å². The molecule has 0 amide bonds. The molecule has 0 saturated carbocycles. The van der Waals surface area contributed by atoms with Crippen LogP contribution in [0.25, 0.3) is 10.9 Å². The van der Waals surface area contributed by atoms with Gasteiger partial charge in [0.25, 0.3) is 11.2 Å². The monoisotopic (exact) mass is 336 g/mol. The molecule has 0 saturated heterocycles. The van der Waals surface area contributed by atoms with E-state index in [2.05, 4.69) is 10.1 Å². The highest BCUT2D eigenvalue weighted by Gasteiger charge is 2.10. The smallest absolute Gasteiger partial charge is 0.267 e. The number of aromatic nitrogens is 2. The van der Waals surface area contributed by atoms with Gasteiger partial charge in [0.2, 0.25) is 0 Å². The molecular weight excluding hydrogens is 320 g/mol. The van der Waals surface area contributed by atoms with Crippen LogP contribution in [0.2, 0.25) is 0 Å². The first-order valence-electron chi connectivity index (χ1n) is 7.89. The molecule has 0 radical (unpaired) electrons. The molecule has 0 N–H and O–H groups in total. The van der Waals surface area contributed by atoms with E-state index in [1.54, 1.807) is 30.3 Å². The maximum absolute atomic E-state index is 12.7. The first kappa shape index (κ1) is 16.5. The van der Waals surface area contributed by atoms with Gasteiger partial charge in [-0.1, -0.05) is 31.2 Å². The molecule has 0 bridgehead atoms. The van der Waals surface area contributed by atoms with E-state index in [0.29, 0.717) is 28.7 Å². The number of fused-ring (bicyclic) bond motifs is 1. The van der Waals surface area contributed by atoms with Gasteiger partial charge in [0.1, 0.15) is 5.82 Å². The molecule has 0 unspecified atom stereocenters. The number of rotatable bonds is 5. The molecule has 0 aliphatic heterocycles. The Kier molecular flexibility index (Phi) is 4.65. The summed E-state index contributed by atoms with van der Waals surface area (Å²) in [7, 11) is 0. The summed E-state index contributed by atoms with van der Waals surface area (Å²) in [5, 5.41) is 15.6. The first-order chi connectivity index (χ1) is 12.1. The van der Waals surface area contributed by atoms with Gasteiger partial charge < -0.3 is 0 Å². The summed E-state index contributed by atoms with van der Waals surface area (Å²) in [6.07, 6.45) is 2.85. The average molecular weight is 336 g/mol. The average Bonchev–Trinajstić information content (AvgIpc) is 2.62. The minimum absolute atomic E-state index is 0.0262. The van der Waals surface area contributed by atoms with Crippen LogP contribution in [0.5, 0.6) is 0 Å². The van der Waals surface area contributed by atoms with Crippen molar-refractivity contribution >= 4 is 22.8 Å². The Morgan fingerprint density at radius 3 is 2.80 bits per heavy atom. The van der Waals surface area contributed by atoms with Gasteiger partial charge in [0.05, 0.1) is 22.0 Å². The second kappa shape index (κ2) is 7.04. The Labute approximate surface area is 143 Å². The van der Waals surface area contributed by atoms with Gasteiger partial charge >= 0.3 is 0 Å². The van der Waals surface area contributed by atoms with Gasteiger partial charge in [-0.25, -0.2) is 4.98 Å². The zero-order valence-corrected chi connectivity index (χ0v) is 13.6. The van der Waals surface area contributed by atoms with Crippen LogP contribution >= 0.6 is 0 Å². The summed E-state index contributed by atoms with van der Waals surface area (Å²) in [6, 6.07) is 13.2. The summed E-state index contributed by atoms with van der Waals surface area (Å²) in [5.74, 6) is 0.563. The fraction of sp³-hybridized carbons (Fsp3) is 0.167. The topological polar surface area (TPSA) is 90.4 Å². The van der Waals surface area contributed by atoms with Crippen molar-refractivity contribution in [3.05, 3.63) is 80.4 Å². The molecule has 7 nitrogen and oxygen atoms in total. The van der Waals surface area contributed by atoms with E-state index < -0.39 is 4.92 Å². The van der Waals surface area contributed by atoms with Crippen LogP contribution in [0.1, 0.15) is 24.7 Å². The predicted molar refractivity (Wildman–Crippen MR) is 96.1 cm³/mol. The molecule has 0 fully saturated rings. The van der Waals surface area contributed by atoms with E-state index in [0.717, 1.165) is 6.42 Å². The van der Waals surface area contributed by atoms with Crippen molar-refractivity contribution in [3.8, 4) is 0 Å². The lowest BCUT2D eigenvalue weighted by molar-refractivity contribution is -0.384. The molecule has 126 valence electrons. The second-order valence-corrected chi connectivity index (χ2v) is 5.51. The Hall–Kier alpha value is -3.35. The van der Waals surface area contributed by atoms with Gasteiger partial charge in [-0.2, -0.15) is 9.78 Å². The molecule has 0 aliphatic carbocycles. The Morgan fingerprint density at radius 2 is 2.04 bits per heavy atom. The van der Waals surface area contributed by atoms with Crippen molar-refractivity contribution in [1.29, 1.82) is 0 Å². The van der Waals surface area contributed by atoms with E-state index in [4.69, 9.17) is 0 Å². The molecular formula is C18H16N4O3. The standard InChI is InChI=1S/C18H16N4O3/c1-2-6-17-20-16-10-4-3-9-15(16)18(23)21(17)19-12-13-7-5-8-14(11-13)22(24)25/h3-5,7-12H,2,6H2,1H3/b19-12-. The number of aryl methyl sites for hydroxylation is 1. The third kappa shape index (κ3) is 3.45. The minimum atomic E-state index is -0.469. The Morgan fingerprint density at radius 1 is 1.24 bits per heavy atom. The zero-order valence-electron chi connectivity index (χ0n) is 13.6. The molecule has 2 aromatic carbocycles. The number of nitrogens with zero attached hydrogens (tertiary/aromatic N) is 4. The van der Waals surface area contributed by atoms with Crippen molar-refractivity contribution in [2.24, 2.45) is 5.10 Å². The quantitative estimate of drug-likeness (QED) is 0.406. The second-order valence-electron chi connectivity index (χ2n) is 5.51. The largest absolute Gasteiger partial charge is 0.282 e. The van der Waals surface area contributed by atoms with E-state index in [1.165, 1.54) is 23.0 Å². The number of non-ortho nitro benzene ring substituents is 1. The summed E-state index contributed by atoms with van der Waals surface area (Å²) >= 11 is 0. The van der Waals surface area contributed by atoms with E-state index in [-0.39, 0.29) is 11.2 Å². The molecule has 25 heavy (non-hydrogen) atoms. The van der Waals surface area contributed by atoms with Crippen LogP contribution in [-0.4, -0.2) is 20.8 Å². The third-order valence-corrected chi connectivity index (χ3v) is 3.70. The highest BCUT2D eigenvalue weighted by atomic mass is 16.6. The Bertz CT molecular complexity index is 1020. The maximum atomic E-state index is 12.7. The molecule has 1 heterocycles. The lowest BCUT2D eigenvalue weighted by atomic mass is 10.2. The highest BCUT2D eigenvalue weighted by molar-refractivity contribution is 5.81. The van der Waals surface area contributed by atoms with Crippen molar-refractivity contribution in [1.82, 2.24) is 9.66 Å².